The van der Waals surface area contributed by atoms with E-state index in [1.165, 1.54) is 23.1 Å². The summed E-state index contributed by atoms with van der Waals surface area (Å²) in [6.07, 6.45) is 0.123. The number of amides is 3. The van der Waals surface area contributed by atoms with Gasteiger partial charge in [0, 0.05) is 37.8 Å². The van der Waals surface area contributed by atoms with Crippen molar-refractivity contribution in [1.82, 2.24) is 15.1 Å². The van der Waals surface area contributed by atoms with Gasteiger partial charge in [-0.05, 0) is 12.1 Å². The van der Waals surface area contributed by atoms with Crippen molar-refractivity contribution in [3.63, 3.8) is 0 Å². The number of benzene rings is 1. The summed E-state index contributed by atoms with van der Waals surface area (Å²) in [6, 6.07) is 7.19. The van der Waals surface area contributed by atoms with E-state index < -0.39 is 5.92 Å². The normalized spacial score (nSPS) is 18.7. The molecule has 3 amide bonds. The number of morpholine rings is 1. The molecule has 1 aromatic heterocycles. The highest BCUT2D eigenvalue weighted by Gasteiger charge is 2.35. The van der Waals surface area contributed by atoms with Gasteiger partial charge in [0.2, 0.25) is 22.9 Å². The van der Waals surface area contributed by atoms with Crippen molar-refractivity contribution in [1.29, 1.82) is 0 Å². The zero-order valence-corrected chi connectivity index (χ0v) is 19.1. The van der Waals surface area contributed by atoms with Gasteiger partial charge in [0.15, 0.2) is 4.34 Å². The summed E-state index contributed by atoms with van der Waals surface area (Å²) in [5.74, 6) is 0.0521. The Kier molecular flexibility index (Phi) is 7.22. The van der Waals surface area contributed by atoms with Crippen molar-refractivity contribution in [2.24, 2.45) is 5.92 Å². The zero-order chi connectivity index (χ0) is 22.5. The molecule has 2 aromatic rings. The van der Waals surface area contributed by atoms with Gasteiger partial charge < -0.3 is 24.6 Å². The summed E-state index contributed by atoms with van der Waals surface area (Å²) in [6.45, 7) is 2.61. The third-order valence-corrected chi connectivity index (χ3v) is 7.14. The third-order valence-electron chi connectivity index (χ3n) is 5.18. The fourth-order valence-electron chi connectivity index (χ4n) is 3.46. The van der Waals surface area contributed by atoms with Gasteiger partial charge in [0.05, 0.1) is 32.0 Å². The standard InChI is InChI=1S/C20H23N5O5S2/c1-29-15-4-2-3-14(10-15)25-11-13(9-16(25)26)18(28)21-19-22-23-20(32-19)31-12-17(27)24-5-7-30-8-6-24/h2-4,10,13H,5-9,11-12H2,1H3,(H,21,22,28)/t13-/m0/s1. The largest absolute Gasteiger partial charge is 0.497 e. The molecular formula is C20H23N5O5S2. The van der Waals surface area contributed by atoms with Crippen molar-refractivity contribution in [3.8, 4) is 5.75 Å². The van der Waals surface area contributed by atoms with Crippen molar-refractivity contribution in [2.45, 2.75) is 10.8 Å². The van der Waals surface area contributed by atoms with E-state index >= 15 is 0 Å². The molecule has 0 radical (unpaired) electrons. The molecule has 0 saturated carbocycles. The lowest BCUT2D eigenvalue weighted by atomic mass is 10.1. The molecule has 3 heterocycles. The molecule has 4 rings (SSSR count). The Morgan fingerprint density at radius 3 is 2.91 bits per heavy atom. The molecule has 2 aliphatic rings. The number of aromatic nitrogens is 2. The second-order valence-corrected chi connectivity index (χ2v) is 9.45. The fraction of sp³-hybridized carbons (Fsp3) is 0.450. The summed E-state index contributed by atoms with van der Waals surface area (Å²) in [7, 11) is 1.56. The van der Waals surface area contributed by atoms with Gasteiger partial charge in [-0.1, -0.05) is 29.2 Å². The number of anilines is 2. The molecule has 0 aliphatic carbocycles. The summed E-state index contributed by atoms with van der Waals surface area (Å²) in [4.78, 5) is 40.7. The van der Waals surface area contributed by atoms with Crippen LogP contribution in [0.15, 0.2) is 28.6 Å². The SMILES string of the molecule is COc1cccc(N2C[C@@H](C(=O)Nc3nnc(SCC(=O)N4CCOCC4)s3)CC2=O)c1. The van der Waals surface area contributed by atoms with Crippen molar-refractivity contribution in [3.05, 3.63) is 24.3 Å². The van der Waals surface area contributed by atoms with Crippen molar-refractivity contribution >= 4 is 51.6 Å². The van der Waals surface area contributed by atoms with E-state index in [2.05, 4.69) is 15.5 Å². The van der Waals surface area contributed by atoms with Gasteiger partial charge in [-0.3, -0.25) is 14.4 Å². The number of hydrogen-bond donors (Lipinski definition) is 1. The number of carbonyl (C=O) groups excluding carboxylic acids is 3. The Morgan fingerprint density at radius 1 is 1.31 bits per heavy atom. The fourth-order valence-corrected chi connectivity index (χ4v) is 5.12. The topological polar surface area (TPSA) is 114 Å². The number of carbonyl (C=O) groups is 3. The average Bonchev–Trinajstić information content (AvgIpc) is 3.44. The number of nitrogens with one attached hydrogen (secondary N) is 1. The van der Waals surface area contributed by atoms with E-state index in [9.17, 15) is 14.4 Å². The summed E-state index contributed by atoms with van der Waals surface area (Å²) < 4.78 is 11.1. The Bertz CT molecular complexity index is 994. The monoisotopic (exact) mass is 477 g/mol. The maximum atomic E-state index is 12.7. The Balaban J connectivity index is 1.29. The number of hydrogen-bond acceptors (Lipinski definition) is 9. The predicted octanol–water partition coefficient (Wildman–Crippen LogP) is 1.49. The first kappa shape index (κ1) is 22.5. The molecule has 2 saturated heterocycles. The summed E-state index contributed by atoms with van der Waals surface area (Å²) >= 11 is 2.50. The molecule has 170 valence electrons. The quantitative estimate of drug-likeness (QED) is 0.471. The minimum atomic E-state index is -0.489. The van der Waals surface area contributed by atoms with Crippen LogP contribution in [0.1, 0.15) is 6.42 Å². The van der Waals surface area contributed by atoms with Gasteiger partial charge in [0.1, 0.15) is 5.75 Å². The maximum Gasteiger partial charge on any atom is 0.233 e. The molecule has 0 spiro atoms. The van der Waals surface area contributed by atoms with Crippen LogP contribution in [0.3, 0.4) is 0 Å². The van der Waals surface area contributed by atoms with Crippen LogP contribution >= 0.6 is 23.1 Å². The minimum Gasteiger partial charge on any atom is -0.497 e. The van der Waals surface area contributed by atoms with Crippen LogP contribution in [-0.2, 0) is 19.1 Å². The van der Waals surface area contributed by atoms with Crippen LogP contribution in [0.4, 0.5) is 10.8 Å². The molecule has 12 heteroatoms. The molecule has 2 fully saturated rings. The highest BCUT2D eigenvalue weighted by Crippen LogP contribution is 2.30. The van der Waals surface area contributed by atoms with Crippen LogP contribution in [0, 0.1) is 5.92 Å². The van der Waals surface area contributed by atoms with Gasteiger partial charge >= 0.3 is 0 Å². The lowest BCUT2D eigenvalue weighted by molar-refractivity contribution is -0.132. The smallest absolute Gasteiger partial charge is 0.233 e. The van der Waals surface area contributed by atoms with Gasteiger partial charge in [-0.25, -0.2) is 0 Å². The van der Waals surface area contributed by atoms with E-state index in [0.29, 0.717) is 47.2 Å². The van der Waals surface area contributed by atoms with Crippen LogP contribution in [0.25, 0.3) is 0 Å². The second kappa shape index (κ2) is 10.3. The zero-order valence-electron chi connectivity index (χ0n) is 17.5. The highest BCUT2D eigenvalue weighted by molar-refractivity contribution is 8.01. The van der Waals surface area contributed by atoms with E-state index in [4.69, 9.17) is 9.47 Å². The van der Waals surface area contributed by atoms with Gasteiger partial charge in [-0.2, -0.15) is 0 Å². The second-order valence-electron chi connectivity index (χ2n) is 7.25. The van der Waals surface area contributed by atoms with E-state index in [-0.39, 0.29) is 36.4 Å². The molecule has 0 bridgehead atoms. The predicted molar refractivity (Wildman–Crippen MR) is 120 cm³/mol. The average molecular weight is 478 g/mol. The molecule has 10 nitrogen and oxygen atoms in total. The van der Waals surface area contributed by atoms with Crippen LogP contribution in [0.5, 0.6) is 5.75 Å². The molecule has 1 aromatic carbocycles. The van der Waals surface area contributed by atoms with E-state index in [1.54, 1.807) is 35.1 Å². The Labute approximate surface area is 193 Å². The molecule has 32 heavy (non-hydrogen) atoms. The summed E-state index contributed by atoms with van der Waals surface area (Å²) in [5, 5.41) is 11.1. The lowest BCUT2D eigenvalue weighted by Crippen LogP contribution is -2.41. The van der Waals surface area contributed by atoms with Gasteiger partial charge in [0.25, 0.3) is 0 Å². The molecular weight excluding hydrogens is 454 g/mol. The number of thioether (sulfide) groups is 1. The van der Waals surface area contributed by atoms with Crippen LogP contribution in [0.2, 0.25) is 0 Å². The first-order valence-electron chi connectivity index (χ1n) is 10.1. The molecule has 1 atom stereocenters. The van der Waals surface area contributed by atoms with E-state index in [0.717, 1.165) is 0 Å². The first-order valence-corrected chi connectivity index (χ1v) is 11.9. The van der Waals surface area contributed by atoms with Crippen molar-refractivity contribution < 1.29 is 23.9 Å². The minimum absolute atomic E-state index is 0.0289. The van der Waals surface area contributed by atoms with Crippen molar-refractivity contribution in [2.75, 3.05) is 55.9 Å². The van der Waals surface area contributed by atoms with Crippen LogP contribution < -0.4 is 15.0 Å². The first-order chi connectivity index (χ1) is 15.5. The highest BCUT2D eigenvalue weighted by atomic mass is 32.2. The molecule has 1 N–H and O–H groups in total. The number of ether oxygens (including phenoxy) is 2. The Hall–Kier alpha value is -2.70. The van der Waals surface area contributed by atoms with E-state index in [1.807, 2.05) is 6.07 Å². The summed E-state index contributed by atoms with van der Waals surface area (Å²) in [5.41, 5.74) is 0.698. The lowest BCUT2D eigenvalue weighted by Gasteiger charge is -2.26. The maximum absolute atomic E-state index is 12.7. The Morgan fingerprint density at radius 2 is 2.12 bits per heavy atom. The number of rotatable bonds is 7. The number of nitrogens with zero attached hydrogens (tertiary/aromatic N) is 4. The third kappa shape index (κ3) is 5.37. The molecule has 0 unspecified atom stereocenters. The number of methoxy groups -OCH3 is 1. The van der Waals surface area contributed by atoms with Crippen LogP contribution in [-0.4, -0.2) is 78.5 Å². The molecule has 2 aliphatic heterocycles. The van der Waals surface area contributed by atoms with Gasteiger partial charge in [-0.15, -0.1) is 10.2 Å².